The van der Waals surface area contributed by atoms with E-state index >= 15 is 0 Å². The lowest BCUT2D eigenvalue weighted by Gasteiger charge is -1.98. The summed E-state index contributed by atoms with van der Waals surface area (Å²) in [5.74, 6) is -0.974. The number of rotatable bonds is 3. The van der Waals surface area contributed by atoms with Crippen molar-refractivity contribution < 1.29 is 9.90 Å². The Hall–Kier alpha value is -1.75. The van der Waals surface area contributed by atoms with Crippen LogP contribution in [0.2, 0.25) is 0 Å². The highest BCUT2D eigenvalue weighted by Gasteiger charge is 2.18. The molecule has 0 bridgehead atoms. The average Bonchev–Trinajstić information content (AvgIpc) is 2.73. The third-order valence-corrected chi connectivity index (χ3v) is 3.64. The van der Waals surface area contributed by atoms with Crippen LogP contribution in [0.25, 0.3) is 10.7 Å². The van der Waals surface area contributed by atoms with E-state index in [1.54, 1.807) is 6.20 Å². The molecule has 5 heteroatoms. The van der Waals surface area contributed by atoms with E-state index in [-0.39, 0.29) is 5.69 Å². The van der Waals surface area contributed by atoms with Gasteiger partial charge in [-0.25, -0.2) is 9.78 Å². The minimum Gasteiger partial charge on any atom is -0.476 e. The third-order valence-electron chi connectivity index (χ3n) is 2.43. The molecule has 0 aliphatic heterocycles. The number of nitrogens with zero attached hydrogens (tertiary/aromatic N) is 2. The van der Waals surface area contributed by atoms with Gasteiger partial charge in [-0.3, -0.25) is 4.98 Å². The van der Waals surface area contributed by atoms with Gasteiger partial charge in [-0.2, -0.15) is 0 Å². The highest BCUT2D eigenvalue weighted by Crippen LogP contribution is 2.29. The molecule has 0 spiro atoms. The van der Waals surface area contributed by atoms with Gasteiger partial charge in [0.05, 0.1) is 0 Å². The van der Waals surface area contributed by atoms with E-state index < -0.39 is 5.97 Å². The number of hydrogen-bond acceptors (Lipinski definition) is 4. The molecule has 0 aliphatic carbocycles. The first-order valence-corrected chi connectivity index (χ1v) is 6.10. The van der Waals surface area contributed by atoms with Crippen molar-refractivity contribution in [2.45, 2.75) is 20.3 Å². The number of hydrogen-bond donors (Lipinski definition) is 1. The van der Waals surface area contributed by atoms with Gasteiger partial charge < -0.3 is 5.11 Å². The second kappa shape index (κ2) is 4.63. The molecule has 1 N–H and O–H groups in total. The summed E-state index contributed by atoms with van der Waals surface area (Å²) in [7, 11) is 0. The van der Waals surface area contributed by atoms with Crippen molar-refractivity contribution in [2.24, 2.45) is 0 Å². The highest BCUT2D eigenvalue weighted by atomic mass is 32.1. The predicted octanol–water partition coefficient (Wildman–Crippen LogP) is 2.77. The molecule has 2 rings (SSSR count). The normalized spacial score (nSPS) is 10.5. The zero-order chi connectivity index (χ0) is 12.4. The quantitative estimate of drug-likeness (QED) is 0.907. The van der Waals surface area contributed by atoms with Crippen LogP contribution in [0.5, 0.6) is 0 Å². The van der Waals surface area contributed by atoms with Crippen molar-refractivity contribution in [1.82, 2.24) is 9.97 Å². The van der Waals surface area contributed by atoms with Crippen molar-refractivity contribution in [3.05, 3.63) is 34.5 Å². The summed E-state index contributed by atoms with van der Waals surface area (Å²) < 4.78 is 0. The Morgan fingerprint density at radius 3 is 2.82 bits per heavy atom. The molecule has 0 unspecified atom stereocenters. The maximum atomic E-state index is 11.0. The van der Waals surface area contributed by atoms with Crippen LogP contribution < -0.4 is 0 Å². The third kappa shape index (κ3) is 2.19. The van der Waals surface area contributed by atoms with E-state index in [4.69, 9.17) is 5.11 Å². The second-order valence-corrected chi connectivity index (χ2v) is 4.70. The van der Waals surface area contributed by atoms with E-state index in [0.717, 1.165) is 16.1 Å². The Kier molecular flexibility index (Phi) is 3.19. The molecule has 0 radical (unpaired) electrons. The molecular formula is C12H12N2O2S. The summed E-state index contributed by atoms with van der Waals surface area (Å²) in [6.07, 6.45) is 2.36. The first kappa shape index (κ1) is 11.7. The van der Waals surface area contributed by atoms with Crippen molar-refractivity contribution >= 4 is 17.3 Å². The first-order valence-electron chi connectivity index (χ1n) is 5.28. The number of pyridine rings is 1. The lowest BCUT2D eigenvalue weighted by atomic mass is 10.2. The van der Waals surface area contributed by atoms with Gasteiger partial charge in [0.1, 0.15) is 10.7 Å². The second-order valence-electron chi connectivity index (χ2n) is 3.62. The van der Waals surface area contributed by atoms with E-state index in [0.29, 0.717) is 11.4 Å². The molecule has 0 atom stereocenters. The smallest absolute Gasteiger partial charge is 0.355 e. The molecule has 2 heterocycles. The summed E-state index contributed by atoms with van der Waals surface area (Å²) in [6, 6.07) is 3.79. The number of thiazole rings is 1. The molecule has 0 aliphatic rings. The summed E-state index contributed by atoms with van der Waals surface area (Å²) >= 11 is 1.40. The lowest BCUT2D eigenvalue weighted by molar-refractivity contribution is 0.0690. The Balaban J connectivity index is 2.54. The van der Waals surface area contributed by atoms with Crippen molar-refractivity contribution in [3.63, 3.8) is 0 Å². The van der Waals surface area contributed by atoms with Crippen molar-refractivity contribution in [1.29, 1.82) is 0 Å². The highest BCUT2D eigenvalue weighted by molar-refractivity contribution is 7.15. The monoisotopic (exact) mass is 248 g/mol. The van der Waals surface area contributed by atoms with Crippen LogP contribution in [0.1, 0.15) is 27.9 Å². The minimum absolute atomic E-state index is 0.151. The Morgan fingerprint density at radius 1 is 1.53 bits per heavy atom. The number of carbonyl (C=O) groups is 1. The van der Waals surface area contributed by atoms with Crippen LogP contribution in [0.3, 0.4) is 0 Å². The number of carboxylic acid groups (broad SMARTS) is 1. The van der Waals surface area contributed by atoms with Crippen LogP contribution in [-0.2, 0) is 6.42 Å². The zero-order valence-electron chi connectivity index (χ0n) is 9.60. The first-order chi connectivity index (χ1) is 8.13. The SMILES string of the molecule is CCc1sc(-c2ncccc2C)nc1C(=O)O. The van der Waals surface area contributed by atoms with Crippen LogP contribution >= 0.6 is 11.3 Å². The van der Waals surface area contributed by atoms with E-state index in [1.165, 1.54) is 11.3 Å². The Labute approximate surface area is 103 Å². The largest absolute Gasteiger partial charge is 0.476 e. The molecule has 0 amide bonds. The summed E-state index contributed by atoms with van der Waals surface area (Å²) in [5.41, 5.74) is 1.91. The number of aromatic carboxylic acids is 1. The van der Waals surface area contributed by atoms with Crippen molar-refractivity contribution in [3.8, 4) is 10.7 Å². The van der Waals surface area contributed by atoms with Crippen LogP contribution in [0.15, 0.2) is 18.3 Å². The number of carboxylic acids is 1. The Morgan fingerprint density at radius 2 is 2.29 bits per heavy atom. The Bertz CT molecular complexity index is 563. The van der Waals surface area contributed by atoms with Gasteiger partial charge in [-0.15, -0.1) is 11.3 Å². The molecule has 4 nitrogen and oxygen atoms in total. The molecule has 0 fully saturated rings. The molecule has 2 aromatic heterocycles. The summed E-state index contributed by atoms with van der Waals surface area (Å²) in [5, 5.41) is 9.73. The summed E-state index contributed by atoms with van der Waals surface area (Å²) in [6.45, 7) is 3.87. The standard InChI is InChI=1S/C12H12N2O2S/c1-3-8-10(12(15)16)14-11(17-8)9-7(2)5-4-6-13-9/h4-6H,3H2,1-2H3,(H,15,16). The summed E-state index contributed by atoms with van der Waals surface area (Å²) in [4.78, 5) is 20.2. The fourth-order valence-electron chi connectivity index (χ4n) is 1.57. The predicted molar refractivity (Wildman–Crippen MR) is 66.4 cm³/mol. The van der Waals surface area contributed by atoms with Gasteiger partial charge >= 0.3 is 5.97 Å². The maximum absolute atomic E-state index is 11.0. The van der Waals surface area contributed by atoms with Gasteiger partial charge in [0.15, 0.2) is 5.69 Å². The van der Waals surface area contributed by atoms with Gasteiger partial charge in [0.2, 0.25) is 0 Å². The number of aryl methyl sites for hydroxylation is 2. The molecule has 88 valence electrons. The number of aromatic nitrogens is 2. The van der Waals surface area contributed by atoms with E-state index in [1.807, 2.05) is 26.0 Å². The van der Waals surface area contributed by atoms with Crippen LogP contribution in [0, 0.1) is 6.92 Å². The molecule has 17 heavy (non-hydrogen) atoms. The van der Waals surface area contributed by atoms with Crippen LogP contribution in [-0.4, -0.2) is 21.0 Å². The molecule has 2 aromatic rings. The molecular weight excluding hydrogens is 236 g/mol. The van der Waals surface area contributed by atoms with Gasteiger partial charge in [0, 0.05) is 11.1 Å². The zero-order valence-corrected chi connectivity index (χ0v) is 10.4. The van der Waals surface area contributed by atoms with Crippen molar-refractivity contribution in [2.75, 3.05) is 0 Å². The molecule has 0 saturated heterocycles. The van der Waals surface area contributed by atoms with Gasteiger partial charge in [0.25, 0.3) is 0 Å². The van der Waals surface area contributed by atoms with Gasteiger partial charge in [-0.05, 0) is 25.0 Å². The van der Waals surface area contributed by atoms with Gasteiger partial charge in [-0.1, -0.05) is 13.0 Å². The topological polar surface area (TPSA) is 63.1 Å². The fourth-order valence-corrected chi connectivity index (χ4v) is 2.62. The van der Waals surface area contributed by atoms with E-state index in [9.17, 15) is 4.79 Å². The lowest BCUT2D eigenvalue weighted by Crippen LogP contribution is -2.00. The molecule has 0 aromatic carbocycles. The van der Waals surface area contributed by atoms with E-state index in [2.05, 4.69) is 9.97 Å². The average molecular weight is 248 g/mol. The fraction of sp³-hybridized carbons (Fsp3) is 0.250. The molecule has 0 saturated carbocycles. The van der Waals surface area contributed by atoms with Crippen LogP contribution in [0.4, 0.5) is 0 Å². The maximum Gasteiger partial charge on any atom is 0.355 e. The minimum atomic E-state index is -0.974.